The van der Waals surface area contributed by atoms with Crippen LogP contribution in [-0.4, -0.2) is 24.3 Å². The van der Waals surface area contributed by atoms with Crippen molar-refractivity contribution in [3.8, 4) is 5.75 Å². The third-order valence-electron chi connectivity index (χ3n) is 4.37. The monoisotopic (exact) mass is 401 g/mol. The number of carbonyl (C=O) groups excluding carboxylic acids is 3. The lowest BCUT2D eigenvalue weighted by atomic mass is 10.1. The van der Waals surface area contributed by atoms with Gasteiger partial charge in [-0.2, -0.15) is 0 Å². The largest absolute Gasteiger partial charge is 0.484 e. The van der Waals surface area contributed by atoms with Gasteiger partial charge in [0, 0.05) is 11.8 Å². The highest BCUT2D eigenvalue weighted by Gasteiger charge is 2.26. The van der Waals surface area contributed by atoms with Crippen LogP contribution in [-0.2, 0) is 22.4 Å². The molecule has 1 aromatic carbocycles. The number of hydrazine groups is 1. The summed E-state index contributed by atoms with van der Waals surface area (Å²) >= 11 is 1.43. The molecular formula is C20H23N3O4S. The minimum Gasteiger partial charge on any atom is -0.484 e. The van der Waals surface area contributed by atoms with Gasteiger partial charge in [-0.3, -0.25) is 25.2 Å². The Kier molecular flexibility index (Phi) is 6.65. The third-order valence-corrected chi connectivity index (χ3v) is 5.57. The lowest BCUT2D eigenvalue weighted by Crippen LogP contribution is -2.40. The number of thiophene rings is 1. The minimum absolute atomic E-state index is 0.153. The van der Waals surface area contributed by atoms with Gasteiger partial charge in [0.15, 0.2) is 6.61 Å². The number of benzene rings is 1. The summed E-state index contributed by atoms with van der Waals surface area (Å²) in [5, 5.41) is 3.30. The Labute approximate surface area is 167 Å². The van der Waals surface area contributed by atoms with Crippen molar-refractivity contribution >= 4 is 34.1 Å². The maximum atomic E-state index is 12.7. The van der Waals surface area contributed by atoms with Gasteiger partial charge in [0.25, 0.3) is 11.8 Å². The van der Waals surface area contributed by atoms with E-state index in [1.807, 2.05) is 18.2 Å². The van der Waals surface area contributed by atoms with E-state index < -0.39 is 5.91 Å². The quantitative estimate of drug-likeness (QED) is 0.530. The number of nitrogens with one attached hydrogen (secondary N) is 3. The molecule has 0 atom stereocenters. The maximum absolute atomic E-state index is 12.7. The lowest BCUT2D eigenvalue weighted by Gasteiger charge is -2.10. The number of fused-ring (bicyclic) bond motifs is 1. The second kappa shape index (κ2) is 9.36. The molecule has 1 heterocycles. The summed E-state index contributed by atoms with van der Waals surface area (Å²) in [6, 6.07) is 9.06. The molecule has 0 bridgehead atoms. The highest BCUT2D eigenvalue weighted by atomic mass is 32.1. The topological polar surface area (TPSA) is 96.5 Å². The van der Waals surface area contributed by atoms with E-state index in [9.17, 15) is 14.4 Å². The number of carbonyl (C=O) groups is 3. The Morgan fingerprint density at radius 1 is 1.04 bits per heavy atom. The second-order valence-electron chi connectivity index (χ2n) is 6.55. The summed E-state index contributed by atoms with van der Waals surface area (Å²) in [7, 11) is 0. The Morgan fingerprint density at radius 3 is 2.54 bits per heavy atom. The van der Waals surface area contributed by atoms with Crippen LogP contribution in [0, 0.1) is 0 Å². The van der Waals surface area contributed by atoms with Crippen molar-refractivity contribution in [2.75, 3.05) is 11.9 Å². The lowest BCUT2D eigenvalue weighted by molar-refractivity contribution is -0.120. The summed E-state index contributed by atoms with van der Waals surface area (Å²) < 4.78 is 5.48. The average Bonchev–Trinajstić information content (AvgIpc) is 2.85. The molecule has 0 aliphatic heterocycles. The van der Waals surface area contributed by atoms with Crippen LogP contribution < -0.4 is 20.9 Å². The van der Waals surface area contributed by atoms with Crippen LogP contribution in [0.25, 0.3) is 0 Å². The van der Waals surface area contributed by atoms with Gasteiger partial charge in [-0.1, -0.05) is 24.6 Å². The first-order valence-electron chi connectivity index (χ1n) is 9.23. The number of aryl methyl sites for hydroxylation is 1. The van der Waals surface area contributed by atoms with Crippen molar-refractivity contribution in [2.45, 2.75) is 39.0 Å². The number of hydrogen-bond donors (Lipinski definition) is 3. The molecular weight excluding hydrogens is 378 g/mol. The predicted octanol–water partition coefficient (Wildman–Crippen LogP) is 2.82. The zero-order valence-corrected chi connectivity index (χ0v) is 16.5. The predicted molar refractivity (Wildman–Crippen MR) is 107 cm³/mol. The van der Waals surface area contributed by atoms with Crippen LogP contribution in [0.2, 0.25) is 0 Å². The molecule has 148 valence electrons. The number of ether oxygens (including phenoxy) is 1. The Bertz CT molecular complexity index is 864. The molecule has 28 heavy (non-hydrogen) atoms. The van der Waals surface area contributed by atoms with Gasteiger partial charge < -0.3 is 10.1 Å². The van der Waals surface area contributed by atoms with Crippen LogP contribution in [0.4, 0.5) is 5.00 Å². The van der Waals surface area contributed by atoms with Crippen molar-refractivity contribution in [3.05, 3.63) is 46.3 Å². The number of amides is 3. The molecule has 0 fully saturated rings. The standard InChI is InChI=1S/C20H23N3O4S/c1-13(24)22-23-19(26)18-15-10-6-3-7-11-16(15)28-20(18)21-17(25)12-27-14-8-4-2-5-9-14/h2,4-5,8-9H,3,6-7,10-12H2,1H3,(H,21,25)(H,22,24)(H,23,26). The van der Waals surface area contributed by atoms with Gasteiger partial charge in [0.1, 0.15) is 10.8 Å². The minimum atomic E-state index is -0.422. The molecule has 0 spiro atoms. The van der Waals surface area contributed by atoms with Crippen molar-refractivity contribution in [1.29, 1.82) is 0 Å². The highest BCUT2D eigenvalue weighted by Crippen LogP contribution is 2.37. The summed E-state index contributed by atoms with van der Waals surface area (Å²) in [6.45, 7) is 1.16. The molecule has 0 saturated carbocycles. The molecule has 8 heteroatoms. The molecule has 1 aliphatic carbocycles. The summed E-state index contributed by atoms with van der Waals surface area (Å²) in [4.78, 5) is 37.3. The fourth-order valence-electron chi connectivity index (χ4n) is 3.11. The molecule has 0 radical (unpaired) electrons. The van der Waals surface area contributed by atoms with Gasteiger partial charge in [0.2, 0.25) is 5.91 Å². The van der Waals surface area contributed by atoms with E-state index in [-0.39, 0.29) is 18.4 Å². The summed E-state index contributed by atoms with van der Waals surface area (Å²) in [6.07, 6.45) is 4.84. The van der Waals surface area contributed by atoms with Gasteiger partial charge >= 0.3 is 0 Å². The van der Waals surface area contributed by atoms with Crippen LogP contribution >= 0.6 is 11.3 Å². The van der Waals surface area contributed by atoms with Gasteiger partial charge in [0.05, 0.1) is 5.56 Å². The molecule has 7 nitrogen and oxygen atoms in total. The van der Waals surface area contributed by atoms with E-state index in [1.165, 1.54) is 18.3 Å². The fraction of sp³-hybridized carbons (Fsp3) is 0.350. The van der Waals surface area contributed by atoms with Crippen molar-refractivity contribution in [1.82, 2.24) is 10.9 Å². The van der Waals surface area contributed by atoms with E-state index in [2.05, 4.69) is 16.2 Å². The van der Waals surface area contributed by atoms with E-state index >= 15 is 0 Å². The molecule has 0 saturated heterocycles. The Morgan fingerprint density at radius 2 is 1.79 bits per heavy atom. The van der Waals surface area contributed by atoms with Gasteiger partial charge in [-0.05, 0) is 43.4 Å². The molecule has 0 unspecified atom stereocenters. The van der Waals surface area contributed by atoms with Crippen molar-refractivity contribution in [2.24, 2.45) is 0 Å². The van der Waals surface area contributed by atoms with Gasteiger partial charge in [-0.25, -0.2) is 0 Å². The summed E-state index contributed by atoms with van der Waals surface area (Å²) in [5.74, 6) is -0.525. The first-order valence-corrected chi connectivity index (χ1v) is 10.1. The number of anilines is 1. The second-order valence-corrected chi connectivity index (χ2v) is 7.66. The molecule has 3 amide bonds. The van der Waals surface area contributed by atoms with Crippen LogP contribution in [0.5, 0.6) is 5.75 Å². The smallest absolute Gasteiger partial charge is 0.272 e. The third kappa shape index (κ3) is 5.10. The molecule has 3 N–H and O–H groups in total. The number of rotatable bonds is 5. The first kappa shape index (κ1) is 19.9. The molecule has 1 aromatic heterocycles. The number of hydrogen-bond acceptors (Lipinski definition) is 5. The summed E-state index contributed by atoms with van der Waals surface area (Å²) in [5.41, 5.74) is 6.12. The van der Waals surface area contributed by atoms with E-state index in [4.69, 9.17) is 4.74 Å². The van der Waals surface area contributed by atoms with Crippen LogP contribution in [0.1, 0.15) is 47.0 Å². The Hall–Kier alpha value is -2.87. The zero-order chi connectivity index (χ0) is 19.9. The normalized spacial score (nSPS) is 13.0. The van der Waals surface area contributed by atoms with E-state index in [0.29, 0.717) is 16.3 Å². The molecule has 1 aliphatic rings. The van der Waals surface area contributed by atoms with Crippen molar-refractivity contribution < 1.29 is 19.1 Å². The Balaban J connectivity index is 1.76. The van der Waals surface area contributed by atoms with Gasteiger partial charge in [-0.15, -0.1) is 11.3 Å². The van der Waals surface area contributed by atoms with E-state index in [0.717, 1.165) is 42.5 Å². The first-order chi connectivity index (χ1) is 13.5. The maximum Gasteiger partial charge on any atom is 0.272 e. The van der Waals surface area contributed by atoms with Crippen LogP contribution in [0.3, 0.4) is 0 Å². The zero-order valence-electron chi connectivity index (χ0n) is 15.7. The molecule has 2 aromatic rings. The van der Waals surface area contributed by atoms with Crippen LogP contribution in [0.15, 0.2) is 30.3 Å². The SMILES string of the molecule is CC(=O)NNC(=O)c1c(NC(=O)COc2ccccc2)sc2c1CCCCC2. The molecule has 3 rings (SSSR count). The van der Waals surface area contributed by atoms with Crippen molar-refractivity contribution in [3.63, 3.8) is 0 Å². The average molecular weight is 401 g/mol. The highest BCUT2D eigenvalue weighted by molar-refractivity contribution is 7.17. The number of para-hydroxylation sites is 1. The van der Waals surface area contributed by atoms with E-state index in [1.54, 1.807) is 12.1 Å². The fourth-order valence-corrected chi connectivity index (χ4v) is 4.41.